The van der Waals surface area contributed by atoms with Gasteiger partial charge in [0.1, 0.15) is 6.10 Å². The van der Waals surface area contributed by atoms with Gasteiger partial charge in [0.05, 0.1) is 0 Å². The van der Waals surface area contributed by atoms with Crippen LogP contribution in [0.1, 0.15) is 44.6 Å². The summed E-state index contributed by atoms with van der Waals surface area (Å²) in [6, 6.07) is 16.4. The number of esters is 1. The molecule has 0 fully saturated rings. The molecule has 31 heavy (non-hydrogen) atoms. The molecule has 2 rings (SSSR count). The number of halogens is 3. The summed E-state index contributed by atoms with van der Waals surface area (Å²) >= 11 is 1.46. The van der Waals surface area contributed by atoms with Crippen molar-refractivity contribution in [3.63, 3.8) is 0 Å². The molecule has 0 saturated carbocycles. The molecular weight excluding hydrogens is 425 g/mol. The number of hydrogen-bond donors (Lipinski definition) is 0. The Morgan fingerprint density at radius 3 is 2.13 bits per heavy atom. The first kappa shape index (κ1) is 25.3. The maximum absolute atomic E-state index is 14.1. The number of methoxy groups -OCH3 is 1. The number of carbonyl (C=O) groups excluding carboxylic acids is 1. The Labute approximate surface area is 186 Å². The van der Waals surface area contributed by atoms with Crippen molar-refractivity contribution in [2.45, 2.75) is 61.8 Å². The van der Waals surface area contributed by atoms with Gasteiger partial charge in [-0.05, 0) is 25.0 Å². The standard InChI is InChI=1S/C24H29F3O3S/c1-3-4-5-10-15-20(18-31-21-16-11-7-12-17-21)30-22(28)23(29-2,24(25,26)27)19-13-8-6-9-14-19/h6-9,11-14,16-17,20H,3-5,10,15,18H2,1-2H3/t20-,23?/m1/s1. The van der Waals surface area contributed by atoms with Crippen LogP contribution in [0.2, 0.25) is 0 Å². The van der Waals surface area contributed by atoms with E-state index in [1.165, 1.54) is 36.0 Å². The quantitative estimate of drug-likeness (QED) is 0.202. The van der Waals surface area contributed by atoms with E-state index in [1.807, 2.05) is 30.3 Å². The van der Waals surface area contributed by atoms with Crippen LogP contribution in [-0.2, 0) is 19.9 Å². The van der Waals surface area contributed by atoms with Crippen LogP contribution in [0.5, 0.6) is 0 Å². The van der Waals surface area contributed by atoms with Crippen LogP contribution in [0.25, 0.3) is 0 Å². The average Bonchev–Trinajstić information content (AvgIpc) is 2.76. The molecular formula is C24H29F3O3S. The van der Waals surface area contributed by atoms with Crippen molar-refractivity contribution in [3.05, 3.63) is 66.2 Å². The maximum atomic E-state index is 14.1. The molecule has 0 N–H and O–H groups in total. The van der Waals surface area contributed by atoms with E-state index in [2.05, 4.69) is 6.92 Å². The third kappa shape index (κ3) is 6.74. The zero-order valence-corrected chi connectivity index (χ0v) is 18.7. The van der Waals surface area contributed by atoms with Gasteiger partial charge >= 0.3 is 12.1 Å². The van der Waals surface area contributed by atoms with Gasteiger partial charge < -0.3 is 9.47 Å². The second-order valence-electron chi connectivity index (χ2n) is 7.25. The molecule has 0 saturated heterocycles. The van der Waals surface area contributed by atoms with Crippen LogP contribution < -0.4 is 0 Å². The predicted octanol–water partition coefficient (Wildman–Crippen LogP) is 6.77. The third-order valence-corrected chi connectivity index (χ3v) is 6.15. The van der Waals surface area contributed by atoms with Crippen molar-refractivity contribution >= 4 is 17.7 Å². The van der Waals surface area contributed by atoms with E-state index in [9.17, 15) is 18.0 Å². The minimum Gasteiger partial charge on any atom is -0.459 e. The Hall–Kier alpha value is -1.99. The molecule has 0 radical (unpaired) electrons. The molecule has 0 heterocycles. The van der Waals surface area contributed by atoms with Crippen molar-refractivity contribution < 1.29 is 27.4 Å². The predicted molar refractivity (Wildman–Crippen MR) is 117 cm³/mol. The first-order valence-corrected chi connectivity index (χ1v) is 11.4. The molecule has 2 aromatic rings. The lowest BCUT2D eigenvalue weighted by atomic mass is 9.92. The van der Waals surface area contributed by atoms with Gasteiger partial charge in [0.2, 0.25) is 0 Å². The number of benzene rings is 2. The molecule has 0 aliphatic heterocycles. The van der Waals surface area contributed by atoms with E-state index in [0.29, 0.717) is 12.2 Å². The number of thioether (sulfide) groups is 1. The maximum Gasteiger partial charge on any atom is 0.432 e. The lowest BCUT2D eigenvalue weighted by Crippen LogP contribution is -2.52. The highest BCUT2D eigenvalue weighted by atomic mass is 32.2. The summed E-state index contributed by atoms with van der Waals surface area (Å²) in [7, 11) is 0.886. The number of alkyl halides is 3. The minimum absolute atomic E-state index is 0.296. The molecule has 0 bridgehead atoms. The van der Waals surface area contributed by atoms with Crippen LogP contribution in [-0.4, -0.2) is 31.1 Å². The lowest BCUT2D eigenvalue weighted by molar-refractivity contribution is -0.278. The van der Waals surface area contributed by atoms with E-state index < -0.39 is 23.9 Å². The molecule has 2 aromatic carbocycles. The number of ether oxygens (including phenoxy) is 2. The molecule has 7 heteroatoms. The third-order valence-electron chi connectivity index (χ3n) is 5.01. The normalized spacial score (nSPS) is 14.6. The van der Waals surface area contributed by atoms with E-state index in [0.717, 1.165) is 37.7 Å². The highest BCUT2D eigenvalue weighted by Gasteiger charge is 2.64. The van der Waals surface area contributed by atoms with Gasteiger partial charge in [-0.1, -0.05) is 74.7 Å². The van der Waals surface area contributed by atoms with E-state index in [4.69, 9.17) is 9.47 Å². The van der Waals surface area contributed by atoms with Crippen LogP contribution in [0.3, 0.4) is 0 Å². The molecule has 3 nitrogen and oxygen atoms in total. The summed E-state index contributed by atoms with van der Waals surface area (Å²) in [6.07, 6.45) is -1.35. The average molecular weight is 455 g/mol. The highest BCUT2D eigenvalue weighted by Crippen LogP contribution is 2.43. The summed E-state index contributed by atoms with van der Waals surface area (Å²) < 4.78 is 52.7. The zero-order valence-electron chi connectivity index (χ0n) is 17.9. The van der Waals surface area contributed by atoms with Crippen molar-refractivity contribution in [1.29, 1.82) is 0 Å². The van der Waals surface area contributed by atoms with Gasteiger partial charge in [-0.15, -0.1) is 11.8 Å². The fourth-order valence-electron chi connectivity index (χ4n) is 3.30. The number of unbranched alkanes of at least 4 members (excludes halogenated alkanes) is 3. The van der Waals surface area contributed by atoms with Crippen LogP contribution in [0.4, 0.5) is 13.2 Å². The van der Waals surface area contributed by atoms with E-state index in [1.54, 1.807) is 6.07 Å². The molecule has 0 aromatic heterocycles. The number of rotatable bonds is 12. The van der Waals surface area contributed by atoms with Gasteiger partial charge in [-0.2, -0.15) is 13.2 Å². The molecule has 0 spiro atoms. The first-order valence-electron chi connectivity index (χ1n) is 10.4. The smallest absolute Gasteiger partial charge is 0.432 e. The van der Waals surface area contributed by atoms with Crippen molar-refractivity contribution in [2.75, 3.05) is 12.9 Å². The van der Waals surface area contributed by atoms with E-state index in [-0.39, 0.29) is 5.56 Å². The summed E-state index contributed by atoms with van der Waals surface area (Å²) in [5, 5.41) is 0. The molecule has 0 aliphatic carbocycles. The van der Waals surface area contributed by atoms with Crippen molar-refractivity contribution in [1.82, 2.24) is 0 Å². The Kier molecular flexibility index (Phi) is 9.91. The summed E-state index contributed by atoms with van der Waals surface area (Å²) in [5.74, 6) is -1.06. The molecule has 0 aliphatic rings. The Balaban J connectivity index is 2.22. The first-order chi connectivity index (χ1) is 14.8. The van der Waals surface area contributed by atoms with Gasteiger partial charge in [-0.25, -0.2) is 4.79 Å². The van der Waals surface area contributed by atoms with E-state index >= 15 is 0 Å². The molecule has 2 atom stereocenters. The number of hydrogen-bond acceptors (Lipinski definition) is 4. The van der Waals surface area contributed by atoms with Crippen molar-refractivity contribution in [2.24, 2.45) is 0 Å². The van der Waals surface area contributed by atoms with Gasteiger partial charge in [0.25, 0.3) is 5.60 Å². The fourth-order valence-corrected chi connectivity index (χ4v) is 4.26. The van der Waals surface area contributed by atoms with Crippen molar-refractivity contribution in [3.8, 4) is 0 Å². The monoisotopic (exact) mass is 454 g/mol. The Morgan fingerprint density at radius 1 is 0.968 bits per heavy atom. The van der Waals surface area contributed by atoms with Gasteiger partial charge in [0.15, 0.2) is 0 Å². The SMILES string of the molecule is CCCCCC[C@H](CSc1ccccc1)OC(=O)C(OC)(c1ccccc1)C(F)(F)F. The summed E-state index contributed by atoms with van der Waals surface area (Å²) in [4.78, 5) is 13.9. The summed E-state index contributed by atoms with van der Waals surface area (Å²) in [6.45, 7) is 2.08. The molecule has 1 unspecified atom stereocenters. The second-order valence-corrected chi connectivity index (χ2v) is 8.34. The Morgan fingerprint density at radius 2 is 1.58 bits per heavy atom. The highest BCUT2D eigenvalue weighted by molar-refractivity contribution is 7.99. The van der Waals surface area contributed by atoms with Gasteiger partial charge in [-0.3, -0.25) is 0 Å². The Bertz CT molecular complexity index is 784. The van der Waals surface area contributed by atoms with Gasteiger partial charge in [0, 0.05) is 23.3 Å². The van der Waals surface area contributed by atoms with Crippen LogP contribution in [0, 0.1) is 0 Å². The van der Waals surface area contributed by atoms with Crippen LogP contribution in [0.15, 0.2) is 65.6 Å². The topological polar surface area (TPSA) is 35.5 Å². The summed E-state index contributed by atoms with van der Waals surface area (Å²) in [5.41, 5.74) is -3.46. The number of carbonyl (C=O) groups is 1. The molecule has 0 amide bonds. The lowest BCUT2D eigenvalue weighted by Gasteiger charge is -2.33. The molecule has 170 valence electrons. The van der Waals surface area contributed by atoms with Crippen LogP contribution >= 0.6 is 11.8 Å². The largest absolute Gasteiger partial charge is 0.459 e. The fraction of sp³-hybridized carbons (Fsp3) is 0.458. The second kappa shape index (κ2) is 12.2. The zero-order chi connectivity index (χ0) is 22.7. The minimum atomic E-state index is -4.97.